The van der Waals surface area contributed by atoms with E-state index in [-0.39, 0.29) is 23.8 Å². The van der Waals surface area contributed by atoms with Crippen molar-refractivity contribution in [1.29, 1.82) is 0 Å². The van der Waals surface area contributed by atoms with Gasteiger partial charge in [-0.2, -0.15) is 0 Å². The van der Waals surface area contributed by atoms with Crippen molar-refractivity contribution in [2.24, 2.45) is 0 Å². The Hall–Kier alpha value is -3.66. The molecule has 1 aliphatic heterocycles. The number of rotatable bonds is 8. The van der Waals surface area contributed by atoms with Gasteiger partial charge in [0.25, 0.3) is 16.8 Å². The molecule has 32 heavy (non-hydrogen) atoms. The maximum absolute atomic E-state index is 12.8. The summed E-state index contributed by atoms with van der Waals surface area (Å²) in [5.74, 6) is -0.810. The predicted molar refractivity (Wildman–Crippen MR) is 118 cm³/mol. The molecule has 1 atom stereocenters. The van der Waals surface area contributed by atoms with Crippen molar-refractivity contribution in [2.75, 3.05) is 6.61 Å². The number of carbonyl (C=O) groups excluding carboxylic acids is 3. The lowest BCUT2D eigenvalue weighted by Crippen LogP contribution is -2.42. The molecule has 0 aromatic heterocycles. The van der Waals surface area contributed by atoms with Crippen LogP contribution in [0.1, 0.15) is 25.0 Å². The van der Waals surface area contributed by atoms with Crippen LogP contribution in [-0.4, -0.2) is 39.6 Å². The monoisotopic (exact) mass is 456 g/mol. The highest BCUT2D eigenvalue weighted by Gasteiger charge is 2.41. The number of nitro benzene ring substituents is 1. The van der Waals surface area contributed by atoms with Gasteiger partial charge in [0.2, 0.25) is 0 Å². The summed E-state index contributed by atoms with van der Waals surface area (Å²) in [6.45, 7) is 3.30. The molecule has 0 radical (unpaired) electrons. The summed E-state index contributed by atoms with van der Waals surface area (Å²) in [6.07, 6.45) is 1.52. The van der Waals surface area contributed by atoms with E-state index >= 15 is 0 Å². The number of para-hydroxylation sites is 1. The number of amides is 2. The van der Waals surface area contributed by atoms with Crippen molar-refractivity contribution in [2.45, 2.75) is 26.5 Å². The Labute approximate surface area is 188 Å². The van der Waals surface area contributed by atoms with Gasteiger partial charge in [-0.1, -0.05) is 30.3 Å². The highest BCUT2D eigenvalue weighted by molar-refractivity contribution is 8.18. The van der Waals surface area contributed by atoms with Crippen LogP contribution in [0.25, 0.3) is 6.08 Å². The zero-order valence-corrected chi connectivity index (χ0v) is 18.2. The van der Waals surface area contributed by atoms with E-state index in [2.05, 4.69) is 0 Å². The number of thioether (sulfide) groups is 1. The number of ether oxygens (including phenoxy) is 2. The van der Waals surface area contributed by atoms with Crippen LogP contribution >= 0.6 is 11.8 Å². The standard InChI is InChI=1S/C22H20N2O7S/c1-3-30-21(26)14(2)23-20(25)19(32-22(23)27)12-16-8-4-5-10-18(16)31-13-15-7-6-9-17(11-15)24(28)29/h4-12,14H,3,13H2,1-2H3/b19-12-. The van der Waals surface area contributed by atoms with Crippen LogP contribution in [0.15, 0.2) is 53.4 Å². The average molecular weight is 456 g/mol. The van der Waals surface area contributed by atoms with E-state index in [4.69, 9.17) is 9.47 Å². The summed E-state index contributed by atoms with van der Waals surface area (Å²) < 4.78 is 10.7. The lowest BCUT2D eigenvalue weighted by atomic mass is 10.1. The molecule has 2 aromatic rings. The summed E-state index contributed by atoms with van der Waals surface area (Å²) in [6, 6.07) is 12.0. The van der Waals surface area contributed by atoms with E-state index in [1.807, 2.05) is 0 Å². The normalized spacial score (nSPS) is 15.7. The van der Waals surface area contributed by atoms with Crippen LogP contribution in [0, 0.1) is 10.1 Å². The third kappa shape index (κ3) is 5.14. The Bertz CT molecular complexity index is 1100. The molecule has 3 rings (SSSR count). The quantitative estimate of drug-likeness (QED) is 0.252. The van der Waals surface area contributed by atoms with E-state index in [0.29, 0.717) is 16.9 Å². The second kappa shape index (κ2) is 10.1. The first-order valence-corrected chi connectivity index (χ1v) is 10.5. The Kier molecular flexibility index (Phi) is 7.26. The highest BCUT2D eigenvalue weighted by Crippen LogP contribution is 2.35. The van der Waals surface area contributed by atoms with E-state index in [9.17, 15) is 24.5 Å². The van der Waals surface area contributed by atoms with Gasteiger partial charge in [-0.25, -0.2) is 4.79 Å². The van der Waals surface area contributed by atoms with Crippen LogP contribution in [0.5, 0.6) is 5.75 Å². The Morgan fingerprint density at radius 2 is 1.97 bits per heavy atom. The van der Waals surface area contributed by atoms with E-state index in [1.54, 1.807) is 43.3 Å². The second-order valence-electron chi connectivity index (χ2n) is 6.73. The fraction of sp³-hybridized carbons (Fsp3) is 0.227. The van der Waals surface area contributed by atoms with Crippen molar-refractivity contribution >= 4 is 40.6 Å². The fourth-order valence-corrected chi connectivity index (χ4v) is 3.87. The van der Waals surface area contributed by atoms with Crippen LogP contribution in [0.4, 0.5) is 10.5 Å². The van der Waals surface area contributed by atoms with Crippen LogP contribution in [0.2, 0.25) is 0 Å². The van der Waals surface area contributed by atoms with Gasteiger partial charge in [-0.15, -0.1) is 0 Å². The van der Waals surface area contributed by atoms with Crippen molar-refractivity contribution in [3.8, 4) is 5.75 Å². The maximum Gasteiger partial charge on any atom is 0.329 e. The topological polar surface area (TPSA) is 116 Å². The van der Waals surface area contributed by atoms with Crippen molar-refractivity contribution in [3.63, 3.8) is 0 Å². The molecule has 9 nitrogen and oxygen atoms in total. The van der Waals surface area contributed by atoms with Gasteiger partial charge < -0.3 is 9.47 Å². The number of carbonyl (C=O) groups is 3. The SMILES string of the molecule is CCOC(=O)C(C)N1C(=O)S/C(=C\c2ccccc2OCc2cccc([N+](=O)[O-])c2)C1=O. The van der Waals surface area contributed by atoms with E-state index < -0.39 is 28.1 Å². The summed E-state index contributed by atoms with van der Waals surface area (Å²) in [5.41, 5.74) is 1.12. The predicted octanol–water partition coefficient (Wildman–Crippen LogP) is 4.16. The van der Waals surface area contributed by atoms with Crippen LogP contribution in [0.3, 0.4) is 0 Å². The third-order valence-electron chi connectivity index (χ3n) is 4.56. The molecular weight excluding hydrogens is 436 g/mol. The first-order valence-electron chi connectivity index (χ1n) is 9.70. The van der Waals surface area contributed by atoms with Crippen molar-refractivity contribution in [1.82, 2.24) is 4.90 Å². The largest absolute Gasteiger partial charge is 0.488 e. The summed E-state index contributed by atoms with van der Waals surface area (Å²) in [7, 11) is 0. The zero-order chi connectivity index (χ0) is 23.3. The maximum atomic E-state index is 12.8. The molecule has 1 fully saturated rings. The number of esters is 1. The van der Waals surface area contributed by atoms with Crippen LogP contribution < -0.4 is 4.74 Å². The zero-order valence-electron chi connectivity index (χ0n) is 17.3. The number of nitro groups is 1. The molecule has 1 heterocycles. The Morgan fingerprint density at radius 1 is 1.22 bits per heavy atom. The lowest BCUT2D eigenvalue weighted by Gasteiger charge is -2.19. The van der Waals surface area contributed by atoms with E-state index in [0.717, 1.165) is 16.7 Å². The molecule has 0 aliphatic carbocycles. The number of nitrogens with zero attached hydrogens (tertiary/aromatic N) is 2. The summed E-state index contributed by atoms with van der Waals surface area (Å²) in [5, 5.41) is 10.4. The fourth-order valence-electron chi connectivity index (χ4n) is 2.98. The first-order chi connectivity index (χ1) is 15.3. The van der Waals surface area contributed by atoms with Gasteiger partial charge in [0.15, 0.2) is 0 Å². The van der Waals surface area contributed by atoms with Crippen molar-refractivity contribution in [3.05, 3.63) is 74.7 Å². The molecule has 0 spiro atoms. The molecule has 0 N–H and O–H groups in total. The Morgan fingerprint density at radius 3 is 2.69 bits per heavy atom. The van der Waals surface area contributed by atoms with E-state index in [1.165, 1.54) is 25.1 Å². The van der Waals surface area contributed by atoms with Gasteiger partial charge >= 0.3 is 5.97 Å². The molecular formula is C22H20N2O7S. The average Bonchev–Trinajstić information content (AvgIpc) is 3.05. The minimum absolute atomic E-state index is 0.0382. The first kappa shape index (κ1) is 23.0. The molecule has 1 unspecified atom stereocenters. The van der Waals surface area contributed by atoms with Gasteiger partial charge in [0.1, 0.15) is 18.4 Å². The lowest BCUT2D eigenvalue weighted by molar-refractivity contribution is -0.384. The molecule has 2 aromatic carbocycles. The van der Waals surface area contributed by atoms with Gasteiger partial charge in [0, 0.05) is 17.7 Å². The summed E-state index contributed by atoms with van der Waals surface area (Å²) >= 11 is 0.729. The minimum atomic E-state index is -1.03. The molecule has 0 saturated carbocycles. The summed E-state index contributed by atoms with van der Waals surface area (Å²) in [4.78, 5) is 48.6. The molecule has 166 valence electrons. The number of hydrogen-bond donors (Lipinski definition) is 0. The van der Waals surface area contributed by atoms with Gasteiger partial charge in [-0.05, 0) is 43.3 Å². The van der Waals surface area contributed by atoms with Crippen molar-refractivity contribution < 1.29 is 28.8 Å². The Balaban J connectivity index is 1.79. The van der Waals surface area contributed by atoms with Gasteiger partial charge in [0.05, 0.1) is 16.4 Å². The smallest absolute Gasteiger partial charge is 0.329 e. The minimum Gasteiger partial charge on any atom is -0.488 e. The highest BCUT2D eigenvalue weighted by atomic mass is 32.2. The van der Waals surface area contributed by atoms with Gasteiger partial charge in [-0.3, -0.25) is 24.6 Å². The number of hydrogen-bond acceptors (Lipinski definition) is 8. The number of non-ortho nitro benzene ring substituents is 1. The second-order valence-corrected chi connectivity index (χ2v) is 7.73. The molecule has 2 amide bonds. The molecule has 10 heteroatoms. The molecule has 0 bridgehead atoms. The molecule has 1 aliphatic rings. The molecule has 1 saturated heterocycles. The van der Waals surface area contributed by atoms with Crippen LogP contribution in [-0.2, 0) is 20.9 Å². The third-order valence-corrected chi connectivity index (χ3v) is 5.44. The number of benzene rings is 2. The number of imide groups is 1.